The molecule has 1 atom stereocenters. The maximum atomic E-state index is 13.0. The van der Waals surface area contributed by atoms with Crippen LogP contribution in [0.15, 0.2) is 5.16 Å². The molecule has 0 aliphatic carbocycles. The molecule has 180 valence electrons. The Morgan fingerprint density at radius 3 is 2.38 bits per heavy atom. The van der Waals surface area contributed by atoms with Crippen molar-refractivity contribution < 1.29 is 14.3 Å². The van der Waals surface area contributed by atoms with Gasteiger partial charge in [0.15, 0.2) is 5.16 Å². The van der Waals surface area contributed by atoms with Crippen molar-refractivity contribution in [2.24, 2.45) is 5.92 Å². The second-order valence-corrected chi connectivity index (χ2v) is 10.7. The summed E-state index contributed by atoms with van der Waals surface area (Å²) in [6.07, 6.45) is 4.76. The number of aryl methyl sites for hydroxylation is 2. The Balaban J connectivity index is 1.97. The predicted molar refractivity (Wildman–Crippen MR) is 129 cm³/mol. The van der Waals surface area contributed by atoms with E-state index in [0.717, 1.165) is 41.5 Å². The summed E-state index contributed by atoms with van der Waals surface area (Å²) in [6.45, 7) is 15.7. The summed E-state index contributed by atoms with van der Waals surface area (Å²) < 4.78 is 5.60. The lowest BCUT2D eigenvalue weighted by Crippen LogP contribution is -2.48. The number of carbonyl (C=O) groups excluding carboxylic acids is 2. The standard InChI is InChI=1S/C24H40N4O3S/c1-16(2)28(23(30)31-24(5,6)7)15-19-10-9-13-27(14-19)21(29)12-11-20-17(3)25-22(32-8)26-18(20)4/h16,19H,9-15H2,1-8H3. The minimum absolute atomic E-state index is 0.0473. The lowest BCUT2D eigenvalue weighted by atomic mass is 9.96. The summed E-state index contributed by atoms with van der Waals surface area (Å²) in [5.74, 6) is 0.422. The van der Waals surface area contributed by atoms with Gasteiger partial charge in [-0.15, -0.1) is 0 Å². The van der Waals surface area contributed by atoms with Crippen LogP contribution in [0.5, 0.6) is 0 Å². The fourth-order valence-corrected chi connectivity index (χ4v) is 4.54. The van der Waals surface area contributed by atoms with Crippen LogP contribution in [0.3, 0.4) is 0 Å². The molecule has 0 saturated carbocycles. The number of piperidine rings is 1. The highest BCUT2D eigenvalue weighted by Crippen LogP contribution is 2.22. The van der Waals surface area contributed by atoms with E-state index in [4.69, 9.17) is 4.74 Å². The van der Waals surface area contributed by atoms with E-state index >= 15 is 0 Å². The van der Waals surface area contributed by atoms with Gasteiger partial charge >= 0.3 is 6.09 Å². The van der Waals surface area contributed by atoms with Crippen molar-refractivity contribution in [1.29, 1.82) is 0 Å². The van der Waals surface area contributed by atoms with Gasteiger partial charge in [0.1, 0.15) is 5.60 Å². The number of thioether (sulfide) groups is 1. The topological polar surface area (TPSA) is 75.6 Å². The van der Waals surface area contributed by atoms with Crippen LogP contribution >= 0.6 is 11.8 Å². The van der Waals surface area contributed by atoms with E-state index in [-0.39, 0.29) is 24.0 Å². The van der Waals surface area contributed by atoms with Gasteiger partial charge in [-0.3, -0.25) is 4.79 Å². The zero-order valence-corrected chi connectivity index (χ0v) is 21.8. The maximum absolute atomic E-state index is 13.0. The lowest BCUT2D eigenvalue weighted by molar-refractivity contribution is -0.133. The SMILES string of the molecule is CSc1nc(C)c(CCC(=O)N2CCCC(CN(C(=O)OC(C)(C)C)C(C)C)C2)c(C)n1. The number of aromatic nitrogens is 2. The highest BCUT2D eigenvalue weighted by atomic mass is 32.2. The molecule has 2 amide bonds. The molecule has 0 bridgehead atoms. The van der Waals surface area contributed by atoms with E-state index < -0.39 is 5.60 Å². The lowest BCUT2D eigenvalue weighted by Gasteiger charge is -2.37. The number of hydrogen-bond acceptors (Lipinski definition) is 6. The first-order chi connectivity index (χ1) is 14.9. The van der Waals surface area contributed by atoms with Crippen molar-refractivity contribution in [3.8, 4) is 0 Å². The van der Waals surface area contributed by atoms with Crippen LogP contribution in [0.4, 0.5) is 4.79 Å². The quantitative estimate of drug-likeness (QED) is 0.432. The number of hydrogen-bond donors (Lipinski definition) is 0. The number of rotatable bonds is 7. The normalized spacial score (nSPS) is 16.9. The van der Waals surface area contributed by atoms with Crippen molar-refractivity contribution in [1.82, 2.24) is 19.8 Å². The van der Waals surface area contributed by atoms with Gasteiger partial charge in [-0.2, -0.15) is 0 Å². The molecular weight excluding hydrogens is 424 g/mol. The van der Waals surface area contributed by atoms with Gasteiger partial charge in [-0.1, -0.05) is 11.8 Å². The van der Waals surface area contributed by atoms with Crippen LogP contribution in [0.2, 0.25) is 0 Å². The average Bonchev–Trinajstić information content (AvgIpc) is 2.69. The van der Waals surface area contributed by atoms with Gasteiger partial charge in [-0.05, 0) is 85.5 Å². The Kier molecular flexibility index (Phi) is 9.37. The highest BCUT2D eigenvalue weighted by molar-refractivity contribution is 7.98. The molecule has 0 spiro atoms. The first-order valence-corrected chi connectivity index (χ1v) is 12.8. The number of likely N-dealkylation sites (tertiary alicyclic amines) is 1. The van der Waals surface area contributed by atoms with Crippen LogP contribution in [0, 0.1) is 19.8 Å². The van der Waals surface area contributed by atoms with Gasteiger partial charge < -0.3 is 14.5 Å². The van der Waals surface area contributed by atoms with Crippen LogP contribution < -0.4 is 0 Å². The number of amides is 2. The highest BCUT2D eigenvalue weighted by Gasteiger charge is 2.30. The molecule has 0 N–H and O–H groups in total. The molecule has 1 aliphatic heterocycles. The summed E-state index contributed by atoms with van der Waals surface area (Å²) in [4.78, 5) is 38.4. The smallest absolute Gasteiger partial charge is 0.410 e. The van der Waals surface area contributed by atoms with Crippen molar-refractivity contribution in [2.45, 2.75) is 90.9 Å². The molecule has 2 heterocycles. The Hall–Kier alpha value is -1.83. The van der Waals surface area contributed by atoms with Crippen molar-refractivity contribution in [3.05, 3.63) is 17.0 Å². The fourth-order valence-electron chi connectivity index (χ4n) is 4.09. The molecule has 1 aromatic heterocycles. The van der Waals surface area contributed by atoms with Crippen LogP contribution in [-0.2, 0) is 16.0 Å². The van der Waals surface area contributed by atoms with Crippen LogP contribution in [-0.4, -0.2) is 69.3 Å². The number of carbonyl (C=O) groups is 2. The molecule has 2 rings (SSSR count). The molecule has 1 unspecified atom stereocenters. The Morgan fingerprint density at radius 1 is 1.22 bits per heavy atom. The predicted octanol–water partition coefficient (Wildman–Crippen LogP) is 4.63. The molecule has 1 saturated heterocycles. The van der Waals surface area contributed by atoms with Gasteiger partial charge in [0.05, 0.1) is 0 Å². The monoisotopic (exact) mass is 464 g/mol. The Labute approximate surface area is 197 Å². The molecule has 1 aliphatic rings. The van der Waals surface area contributed by atoms with E-state index in [1.807, 2.05) is 59.6 Å². The Morgan fingerprint density at radius 2 is 1.84 bits per heavy atom. The van der Waals surface area contributed by atoms with Gasteiger partial charge in [-0.25, -0.2) is 14.8 Å². The van der Waals surface area contributed by atoms with Crippen molar-refractivity contribution in [3.63, 3.8) is 0 Å². The number of nitrogens with zero attached hydrogens (tertiary/aromatic N) is 4. The third-order valence-corrected chi connectivity index (χ3v) is 6.30. The summed E-state index contributed by atoms with van der Waals surface area (Å²) in [5.41, 5.74) is 2.46. The van der Waals surface area contributed by atoms with E-state index in [2.05, 4.69) is 9.97 Å². The summed E-state index contributed by atoms with van der Waals surface area (Å²) >= 11 is 1.53. The van der Waals surface area contributed by atoms with Gasteiger partial charge in [0.2, 0.25) is 5.91 Å². The van der Waals surface area contributed by atoms with Crippen LogP contribution in [0.25, 0.3) is 0 Å². The molecular formula is C24H40N4O3S. The van der Waals surface area contributed by atoms with Crippen molar-refractivity contribution in [2.75, 3.05) is 25.9 Å². The van der Waals surface area contributed by atoms with Gasteiger partial charge in [0.25, 0.3) is 0 Å². The zero-order valence-electron chi connectivity index (χ0n) is 21.0. The zero-order chi connectivity index (χ0) is 24.1. The first kappa shape index (κ1) is 26.4. The van der Waals surface area contributed by atoms with E-state index in [0.29, 0.717) is 25.9 Å². The Bertz CT molecular complexity index is 784. The molecule has 0 aromatic carbocycles. The minimum atomic E-state index is -0.521. The van der Waals surface area contributed by atoms with Gasteiger partial charge in [0, 0.05) is 43.5 Å². The largest absolute Gasteiger partial charge is 0.444 e. The van der Waals surface area contributed by atoms with E-state index in [1.165, 1.54) is 11.8 Å². The second kappa shape index (κ2) is 11.3. The van der Waals surface area contributed by atoms with Crippen molar-refractivity contribution >= 4 is 23.8 Å². The third-order valence-electron chi connectivity index (χ3n) is 5.75. The molecule has 1 aromatic rings. The summed E-state index contributed by atoms with van der Waals surface area (Å²) in [7, 11) is 0. The first-order valence-electron chi connectivity index (χ1n) is 11.6. The van der Waals surface area contributed by atoms with Crippen LogP contribution in [0.1, 0.15) is 70.8 Å². The average molecular weight is 465 g/mol. The molecule has 7 nitrogen and oxygen atoms in total. The van der Waals surface area contributed by atoms with E-state index in [9.17, 15) is 9.59 Å². The molecule has 0 radical (unpaired) electrons. The molecule has 1 fully saturated rings. The number of ether oxygens (including phenoxy) is 1. The fraction of sp³-hybridized carbons (Fsp3) is 0.750. The molecule has 32 heavy (non-hydrogen) atoms. The summed E-state index contributed by atoms with van der Waals surface area (Å²) in [5, 5.41) is 0.772. The third kappa shape index (κ3) is 7.64. The second-order valence-electron chi connectivity index (χ2n) is 9.93. The maximum Gasteiger partial charge on any atom is 0.410 e. The van der Waals surface area contributed by atoms with E-state index in [1.54, 1.807) is 4.90 Å². The summed E-state index contributed by atoms with van der Waals surface area (Å²) in [6, 6.07) is 0.0473. The minimum Gasteiger partial charge on any atom is -0.444 e. The molecule has 8 heteroatoms.